The van der Waals surface area contributed by atoms with E-state index in [1.165, 1.54) is 0 Å². The Morgan fingerprint density at radius 3 is 2.75 bits per heavy atom. The summed E-state index contributed by atoms with van der Waals surface area (Å²) in [6.45, 7) is 3.94. The van der Waals surface area contributed by atoms with Gasteiger partial charge in [-0.2, -0.15) is 0 Å². The topological polar surface area (TPSA) is 46.5 Å². The molecule has 1 aliphatic rings. The smallest absolute Gasteiger partial charge is 0.219 e. The van der Waals surface area contributed by atoms with Crippen LogP contribution in [0.4, 0.5) is 0 Å². The highest BCUT2D eigenvalue weighted by atomic mass is 79.9. The Labute approximate surface area is 81.1 Å². The molecule has 12 heavy (non-hydrogen) atoms. The van der Waals surface area contributed by atoms with Crippen molar-refractivity contribution in [2.75, 3.05) is 12.8 Å². The van der Waals surface area contributed by atoms with Crippen LogP contribution in [0, 0.1) is 0 Å². The lowest BCUT2D eigenvalue weighted by molar-refractivity contribution is 0.0809. The minimum atomic E-state index is -2.62. The average molecular weight is 257 g/mol. The van der Waals surface area contributed by atoms with Gasteiger partial charge < -0.3 is 9.63 Å². The van der Waals surface area contributed by atoms with Gasteiger partial charge in [-0.05, 0) is 20.3 Å². The van der Waals surface area contributed by atoms with Gasteiger partial charge in [0.25, 0.3) is 0 Å². The summed E-state index contributed by atoms with van der Waals surface area (Å²) < 4.78 is 16.7. The maximum Gasteiger partial charge on any atom is 0.219 e. The van der Waals surface area contributed by atoms with Crippen LogP contribution in [0.25, 0.3) is 0 Å². The number of rotatable bonds is 2. The molecule has 0 aromatic rings. The van der Waals surface area contributed by atoms with E-state index in [1.54, 1.807) is 6.92 Å². The Hall–Kier alpha value is 0.630. The molecule has 1 saturated heterocycles. The molecule has 0 radical (unpaired) electrons. The van der Waals surface area contributed by atoms with Crippen LogP contribution in [0.3, 0.4) is 0 Å². The van der Waals surface area contributed by atoms with Gasteiger partial charge in [0.2, 0.25) is 7.37 Å². The van der Waals surface area contributed by atoms with E-state index in [0.29, 0.717) is 19.2 Å². The lowest BCUT2D eigenvalue weighted by Gasteiger charge is -2.23. The Bertz CT molecular complexity index is 217. The lowest BCUT2D eigenvalue weighted by Crippen LogP contribution is -2.29. The highest BCUT2D eigenvalue weighted by molar-refractivity contribution is 9.10. The van der Waals surface area contributed by atoms with Crippen LogP contribution < -0.4 is 0 Å². The summed E-state index contributed by atoms with van der Waals surface area (Å²) in [7, 11) is -2.62. The molecule has 5 heteroatoms. The molecule has 1 fully saturated rings. The van der Waals surface area contributed by atoms with Crippen LogP contribution in [-0.4, -0.2) is 28.0 Å². The minimum absolute atomic E-state index is 0.405. The van der Waals surface area contributed by atoms with E-state index in [-0.39, 0.29) is 0 Å². The highest BCUT2D eigenvalue weighted by Crippen LogP contribution is 2.64. The van der Waals surface area contributed by atoms with Crippen molar-refractivity contribution in [2.24, 2.45) is 0 Å². The van der Waals surface area contributed by atoms with E-state index in [2.05, 4.69) is 15.9 Å². The van der Waals surface area contributed by atoms with E-state index in [0.717, 1.165) is 0 Å². The molecule has 0 aromatic carbocycles. The predicted octanol–water partition coefficient (Wildman–Crippen LogP) is 2.18. The zero-order chi connectivity index (χ0) is 9.41. The summed E-state index contributed by atoms with van der Waals surface area (Å²) in [4.78, 5) is 0. The Balaban J connectivity index is 2.78. The van der Waals surface area contributed by atoms with E-state index in [4.69, 9.17) is 4.52 Å². The molecule has 0 amide bonds. The van der Waals surface area contributed by atoms with Gasteiger partial charge >= 0.3 is 0 Å². The van der Waals surface area contributed by atoms with Crippen molar-refractivity contribution in [3.63, 3.8) is 0 Å². The number of halogens is 1. The number of hydrogen-bond donors (Lipinski definition) is 1. The van der Waals surface area contributed by atoms with Crippen LogP contribution in [0.15, 0.2) is 0 Å². The van der Waals surface area contributed by atoms with Crippen molar-refractivity contribution in [2.45, 2.75) is 30.4 Å². The second-order valence-electron chi connectivity index (χ2n) is 3.31. The monoisotopic (exact) mass is 256 g/mol. The number of hydrogen-bond acceptors (Lipinski definition) is 3. The van der Waals surface area contributed by atoms with Crippen LogP contribution >= 0.6 is 23.3 Å². The van der Waals surface area contributed by atoms with E-state index in [1.807, 2.05) is 6.92 Å². The molecule has 1 heterocycles. The molecular weight excluding hydrogens is 243 g/mol. The summed E-state index contributed by atoms with van der Waals surface area (Å²) in [5, 5.41) is 9.73. The molecular formula is C7H14BrO3P. The van der Waals surface area contributed by atoms with Gasteiger partial charge in [-0.25, -0.2) is 0 Å². The van der Waals surface area contributed by atoms with Gasteiger partial charge in [-0.1, -0.05) is 15.9 Å². The van der Waals surface area contributed by atoms with Crippen molar-refractivity contribution < 1.29 is 14.2 Å². The molecule has 1 rings (SSSR count). The Morgan fingerprint density at radius 2 is 2.42 bits per heavy atom. The first-order valence-electron chi connectivity index (χ1n) is 4.02. The van der Waals surface area contributed by atoms with Crippen LogP contribution in [0.2, 0.25) is 0 Å². The molecule has 72 valence electrons. The minimum Gasteiger partial charge on any atom is -0.388 e. The first-order chi connectivity index (χ1) is 5.42. The first kappa shape index (κ1) is 10.7. The summed E-state index contributed by atoms with van der Waals surface area (Å²) in [6.07, 6.45) is 1.02. The third-order valence-corrected chi connectivity index (χ3v) is 7.78. The third-order valence-electron chi connectivity index (χ3n) is 2.14. The molecule has 1 N–H and O–H groups in total. The zero-order valence-corrected chi connectivity index (χ0v) is 9.77. The summed E-state index contributed by atoms with van der Waals surface area (Å²) in [5.41, 5.74) is -0.884. The Morgan fingerprint density at radius 1 is 1.83 bits per heavy atom. The van der Waals surface area contributed by atoms with Crippen LogP contribution in [0.5, 0.6) is 0 Å². The summed E-state index contributed by atoms with van der Waals surface area (Å²) >= 11 is 3.25. The molecule has 1 aliphatic heterocycles. The molecule has 0 aliphatic carbocycles. The first-order valence-corrected chi connectivity index (χ1v) is 6.81. The molecule has 0 bridgehead atoms. The quantitative estimate of drug-likeness (QED) is 0.609. The third kappa shape index (κ3) is 1.77. The lowest BCUT2D eigenvalue weighted by atomic mass is 10.1. The maximum absolute atomic E-state index is 11.9. The maximum atomic E-state index is 11.9. The van der Waals surface area contributed by atoms with Crippen LogP contribution in [-0.2, 0) is 9.09 Å². The number of alkyl halides is 1. The predicted molar refractivity (Wildman–Crippen MR) is 52.1 cm³/mol. The zero-order valence-electron chi connectivity index (χ0n) is 7.29. The second-order valence-corrected chi connectivity index (χ2v) is 7.61. The fourth-order valence-electron chi connectivity index (χ4n) is 1.39. The summed E-state index contributed by atoms with van der Waals surface area (Å²) in [5.74, 6) is 0. The fraction of sp³-hybridized carbons (Fsp3) is 1.00. The van der Waals surface area contributed by atoms with E-state index in [9.17, 15) is 9.67 Å². The van der Waals surface area contributed by atoms with Gasteiger partial charge in [-0.3, -0.25) is 4.57 Å². The van der Waals surface area contributed by atoms with Crippen molar-refractivity contribution in [3.8, 4) is 0 Å². The largest absolute Gasteiger partial charge is 0.388 e. The van der Waals surface area contributed by atoms with Crippen LogP contribution in [0.1, 0.15) is 20.3 Å². The Kier molecular flexibility index (Phi) is 3.04. The number of aliphatic hydroxyl groups is 1. The van der Waals surface area contributed by atoms with Gasteiger partial charge in [0.15, 0.2) is 0 Å². The van der Waals surface area contributed by atoms with Gasteiger partial charge in [0, 0.05) is 6.16 Å². The van der Waals surface area contributed by atoms with E-state index < -0.39 is 17.5 Å². The SMILES string of the molecule is CCOP1(=O)CCC(C)(O)C1Br. The molecule has 3 nitrogen and oxygen atoms in total. The molecule has 3 unspecified atom stereocenters. The molecule has 3 atom stereocenters. The van der Waals surface area contributed by atoms with Crippen molar-refractivity contribution in [3.05, 3.63) is 0 Å². The second kappa shape index (κ2) is 3.41. The van der Waals surface area contributed by atoms with Gasteiger partial charge in [-0.15, -0.1) is 0 Å². The molecule has 0 spiro atoms. The normalized spacial score (nSPS) is 48.2. The van der Waals surface area contributed by atoms with Gasteiger partial charge in [0.05, 0.1) is 12.2 Å². The van der Waals surface area contributed by atoms with Crippen molar-refractivity contribution in [1.82, 2.24) is 0 Å². The van der Waals surface area contributed by atoms with E-state index >= 15 is 0 Å². The average Bonchev–Trinajstić information content (AvgIpc) is 2.17. The standard InChI is InChI=1S/C7H14BrO3P/c1-3-11-12(10)5-4-7(2,9)6(12)8/h6,9H,3-5H2,1-2H3. The highest BCUT2D eigenvalue weighted by Gasteiger charge is 2.51. The summed E-state index contributed by atoms with van der Waals surface area (Å²) in [6, 6.07) is 0. The molecule has 0 aromatic heterocycles. The van der Waals surface area contributed by atoms with Crippen molar-refractivity contribution in [1.29, 1.82) is 0 Å². The van der Waals surface area contributed by atoms with Crippen molar-refractivity contribution >= 4 is 23.3 Å². The van der Waals surface area contributed by atoms with Gasteiger partial charge in [0.1, 0.15) is 4.57 Å². The fourth-order valence-corrected chi connectivity index (χ4v) is 5.25. The molecule has 0 saturated carbocycles.